The molecule has 2 aromatic rings. The molecule has 2 rings (SSSR count). The molecular weight excluding hydrogens is 525 g/mol. The Labute approximate surface area is 230 Å². The Kier molecular flexibility index (Phi) is 12.3. The highest BCUT2D eigenvalue weighted by molar-refractivity contribution is 7.59. The van der Waals surface area contributed by atoms with Gasteiger partial charge < -0.3 is 24.9 Å². The van der Waals surface area contributed by atoms with E-state index in [1.165, 1.54) is 6.33 Å². The van der Waals surface area contributed by atoms with Crippen molar-refractivity contribution in [1.29, 1.82) is 0 Å². The fourth-order valence-corrected chi connectivity index (χ4v) is 6.54. The molecule has 0 aromatic carbocycles. The van der Waals surface area contributed by atoms with Crippen LogP contribution in [0.3, 0.4) is 0 Å². The second-order valence-corrected chi connectivity index (χ2v) is 12.9. The molecule has 0 radical (unpaired) electrons. The van der Waals surface area contributed by atoms with E-state index in [2.05, 4.69) is 32.1 Å². The molecule has 0 aliphatic rings. The van der Waals surface area contributed by atoms with E-state index < -0.39 is 37.1 Å². The number of aromatic nitrogens is 4. The Bertz CT molecular complexity index is 1140. The van der Waals surface area contributed by atoms with E-state index in [1.54, 1.807) is 31.7 Å². The fourth-order valence-electron chi connectivity index (χ4n) is 3.95. The number of hydrogen-bond acceptors (Lipinski definition) is 9. The van der Waals surface area contributed by atoms with Gasteiger partial charge in [0.2, 0.25) is 7.44 Å². The lowest BCUT2D eigenvalue weighted by molar-refractivity contribution is -0.149. The molecular formula is C25H44N7O6P. The smallest absolute Gasteiger partial charge is 0.326 e. The zero-order valence-electron chi connectivity index (χ0n) is 23.8. The highest BCUT2D eigenvalue weighted by atomic mass is 31.2. The number of ether oxygens (including phenoxy) is 2. The first-order valence-electron chi connectivity index (χ1n) is 13.4. The molecule has 2 aromatic heterocycles. The lowest BCUT2D eigenvalue weighted by Gasteiger charge is -2.34. The maximum Gasteiger partial charge on any atom is 0.326 e. The summed E-state index contributed by atoms with van der Waals surface area (Å²) < 4.78 is 27.4. The Morgan fingerprint density at radius 2 is 1.90 bits per heavy atom. The molecule has 0 aliphatic heterocycles. The number of nitrogens with one attached hydrogen (secondary N) is 2. The summed E-state index contributed by atoms with van der Waals surface area (Å²) in [5, 5.41) is 15.3. The van der Waals surface area contributed by atoms with Crippen molar-refractivity contribution in [3.8, 4) is 0 Å². The van der Waals surface area contributed by atoms with Crippen LogP contribution in [-0.2, 0) is 30.2 Å². The van der Waals surface area contributed by atoms with Crippen LogP contribution in [-0.4, -0.2) is 67.2 Å². The topological polar surface area (TPSA) is 184 Å². The molecule has 13 nitrogen and oxygen atoms in total. The number of carbonyl (C=O) groups is 2. The summed E-state index contributed by atoms with van der Waals surface area (Å²) in [4.78, 5) is 36.8. The van der Waals surface area contributed by atoms with Gasteiger partial charge in [-0.2, -0.15) is 0 Å². The van der Waals surface area contributed by atoms with Gasteiger partial charge in [0.25, 0.3) is 0 Å². The lowest BCUT2D eigenvalue weighted by Crippen LogP contribution is -2.50. The highest BCUT2D eigenvalue weighted by Crippen LogP contribution is 2.41. The van der Waals surface area contributed by atoms with Gasteiger partial charge in [-0.3, -0.25) is 14.2 Å². The van der Waals surface area contributed by atoms with Crippen LogP contribution >= 0.6 is 7.44 Å². The predicted octanol–water partition coefficient (Wildman–Crippen LogP) is 3.54. The third-order valence-electron chi connectivity index (χ3n) is 6.20. The molecule has 0 saturated carbocycles. The Morgan fingerprint density at radius 3 is 2.54 bits per heavy atom. The molecule has 0 saturated heterocycles. The van der Waals surface area contributed by atoms with Crippen LogP contribution in [0.5, 0.6) is 0 Å². The van der Waals surface area contributed by atoms with Crippen molar-refractivity contribution in [3.63, 3.8) is 0 Å². The van der Waals surface area contributed by atoms with Crippen LogP contribution in [0.15, 0.2) is 12.7 Å². The molecule has 5 N–H and O–H groups in total. The summed E-state index contributed by atoms with van der Waals surface area (Å²) in [6.45, 7) is 11.3. The standard InChI is InChI=1S/C25H44N7O6P/c1-7-8-9-10-11-37-24(35)25(5,6)31-39(36,30-19(17(2)3)12-20(33)34)16-38-18(4)13-32-15-29-21-22(26)27-14-28-23(21)32/h14-15,17-19H,7-13,16H2,1-6H3,(H,33,34)(H2,26,27,28)(H2,30,31,36)/t18?,19-,39-/m0/s1. The lowest BCUT2D eigenvalue weighted by atomic mass is 10.0. The number of hydrogen-bond donors (Lipinski definition) is 4. The number of carbonyl (C=O) groups excluding carboxylic acids is 1. The molecule has 0 fully saturated rings. The molecule has 0 aliphatic carbocycles. The monoisotopic (exact) mass is 569 g/mol. The average Bonchev–Trinajstić information content (AvgIpc) is 3.25. The van der Waals surface area contributed by atoms with Gasteiger partial charge >= 0.3 is 11.9 Å². The second-order valence-electron chi connectivity index (χ2n) is 10.7. The number of nitrogens with zero attached hydrogens (tertiary/aromatic N) is 4. The van der Waals surface area contributed by atoms with Crippen LogP contribution in [0.1, 0.15) is 73.6 Å². The van der Waals surface area contributed by atoms with E-state index in [0.29, 0.717) is 17.7 Å². The van der Waals surface area contributed by atoms with E-state index in [1.807, 2.05) is 13.8 Å². The van der Waals surface area contributed by atoms with Gasteiger partial charge in [-0.05, 0) is 33.1 Å². The SMILES string of the molecule is CCCCCCOC(=O)C(C)(C)N[P@](=O)(COC(C)Cn1cnc2c(N)ncnc21)N[C@@H](CC(=O)O)C(C)C. The van der Waals surface area contributed by atoms with Crippen molar-refractivity contribution in [1.82, 2.24) is 29.7 Å². The number of anilines is 1. The molecule has 2 heterocycles. The summed E-state index contributed by atoms with van der Waals surface area (Å²) in [6.07, 6.45) is 5.77. The van der Waals surface area contributed by atoms with Gasteiger partial charge in [-0.1, -0.05) is 40.0 Å². The van der Waals surface area contributed by atoms with Gasteiger partial charge in [-0.15, -0.1) is 0 Å². The maximum atomic E-state index is 14.2. The molecule has 0 bridgehead atoms. The summed E-state index contributed by atoms with van der Waals surface area (Å²) in [5.41, 5.74) is 5.56. The minimum absolute atomic E-state index is 0.148. The largest absolute Gasteiger partial charge is 0.481 e. The molecule has 39 heavy (non-hydrogen) atoms. The van der Waals surface area contributed by atoms with Crippen molar-refractivity contribution < 1.29 is 28.7 Å². The highest BCUT2D eigenvalue weighted by Gasteiger charge is 2.39. The van der Waals surface area contributed by atoms with Crippen LogP contribution in [0, 0.1) is 5.92 Å². The zero-order valence-corrected chi connectivity index (χ0v) is 24.7. The number of nitrogen functional groups attached to an aromatic ring is 1. The average molecular weight is 570 g/mol. The number of aliphatic carboxylic acids is 1. The minimum Gasteiger partial charge on any atom is -0.481 e. The number of carboxylic acid groups (broad SMARTS) is 1. The quantitative estimate of drug-likeness (QED) is 0.116. The molecule has 3 atom stereocenters. The number of imidazole rings is 1. The second kappa shape index (κ2) is 14.7. The van der Waals surface area contributed by atoms with E-state index in [0.717, 1.165) is 25.7 Å². The van der Waals surface area contributed by atoms with Gasteiger partial charge in [-0.25, -0.2) is 25.1 Å². The zero-order chi connectivity index (χ0) is 29.2. The maximum absolute atomic E-state index is 14.2. The molecule has 1 unspecified atom stereocenters. The normalized spacial score (nSPS) is 15.3. The predicted molar refractivity (Wildman–Crippen MR) is 149 cm³/mol. The molecule has 0 spiro atoms. The van der Waals surface area contributed by atoms with E-state index in [4.69, 9.17) is 15.2 Å². The number of rotatable bonds is 18. The van der Waals surface area contributed by atoms with Gasteiger partial charge in [0.15, 0.2) is 11.5 Å². The third-order valence-corrected chi connectivity index (χ3v) is 8.38. The first-order valence-corrected chi connectivity index (χ1v) is 15.3. The number of fused-ring (bicyclic) bond motifs is 1. The fraction of sp³-hybridized carbons (Fsp3) is 0.720. The Hall–Kier alpha value is -2.60. The Balaban J connectivity index is 2.16. The van der Waals surface area contributed by atoms with Gasteiger partial charge in [0.05, 0.1) is 32.0 Å². The Morgan fingerprint density at radius 1 is 1.18 bits per heavy atom. The third kappa shape index (κ3) is 10.1. The number of esters is 1. The van der Waals surface area contributed by atoms with Crippen molar-refractivity contribution in [3.05, 3.63) is 12.7 Å². The number of nitrogens with two attached hydrogens (primary N) is 1. The van der Waals surface area contributed by atoms with Gasteiger partial charge in [0, 0.05) is 6.04 Å². The van der Waals surface area contributed by atoms with Crippen LogP contribution in [0.25, 0.3) is 11.2 Å². The van der Waals surface area contributed by atoms with Crippen molar-refractivity contribution in [2.75, 3.05) is 18.7 Å². The van der Waals surface area contributed by atoms with Crippen molar-refractivity contribution >= 4 is 36.4 Å². The van der Waals surface area contributed by atoms with Crippen molar-refractivity contribution in [2.24, 2.45) is 5.92 Å². The van der Waals surface area contributed by atoms with E-state index in [-0.39, 0.29) is 31.1 Å². The van der Waals surface area contributed by atoms with Crippen LogP contribution < -0.4 is 15.9 Å². The van der Waals surface area contributed by atoms with E-state index >= 15 is 0 Å². The summed E-state index contributed by atoms with van der Waals surface area (Å²) >= 11 is 0. The minimum atomic E-state index is -3.67. The summed E-state index contributed by atoms with van der Waals surface area (Å²) in [6, 6.07) is -0.627. The van der Waals surface area contributed by atoms with E-state index in [9.17, 15) is 19.3 Å². The molecule has 220 valence electrons. The summed E-state index contributed by atoms with van der Waals surface area (Å²) in [5.74, 6) is -1.45. The number of carboxylic acids is 1. The number of unbranched alkanes of at least 4 members (excludes halogenated alkanes) is 3. The van der Waals surface area contributed by atoms with Gasteiger partial charge in [0.1, 0.15) is 23.7 Å². The first kappa shape index (κ1) is 32.6. The molecule has 14 heteroatoms. The first-order chi connectivity index (χ1) is 18.3. The molecule has 0 amide bonds. The summed E-state index contributed by atoms with van der Waals surface area (Å²) in [7, 11) is -3.67. The van der Waals surface area contributed by atoms with Crippen molar-refractivity contribution in [2.45, 2.75) is 97.9 Å². The van der Waals surface area contributed by atoms with Crippen LogP contribution in [0.2, 0.25) is 0 Å². The van der Waals surface area contributed by atoms with Crippen LogP contribution in [0.4, 0.5) is 5.82 Å².